The van der Waals surface area contributed by atoms with Crippen LogP contribution in [0.4, 0.5) is 5.69 Å². The predicted octanol–water partition coefficient (Wildman–Crippen LogP) is 4.53. The Kier molecular flexibility index (Phi) is 5.29. The first-order valence-electron chi connectivity index (χ1n) is 9.41. The van der Waals surface area contributed by atoms with Crippen molar-refractivity contribution >= 4 is 61.5 Å². The molecule has 3 heterocycles. The van der Waals surface area contributed by atoms with E-state index in [4.69, 9.17) is 11.6 Å². The van der Waals surface area contributed by atoms with Crippen LogP contribution in [0.5, 0.6) is 0 Å². The van der Waals surface area contributed by atoms with Crippen LogP contribution in [0.15, 0.2) is 69.3 Å². The molecule has 31 heavy (non-hydrogen) atoms. The van der Waals surface area contributed by atoms with E-state index in [2.05, 4.69) is 9.71 Å². The zero-order valence-electron chi connectivity index (χ0n) is 16.0. The average molecular weight is 490 g/mol. The third-order valence-corrected chi connectivity index (χ3v) is 8.54. The molecule has 2 aromatic carbocycles. The van der Waals surface area contributed by atoms with E-state index in [9.17, 15) is 13.2 Å². The summed E-state index contributed by atoms with van der Waals surface area (Å²) in [6.45, 7) is 0.365. The van der Waals surface area contributed by atoms with Gasteiger partial charge in [-0.3, -0.25) is 4.79 Å². The van der Waals surface area contributed by atoms with E-state index in [-0.39, 0.29) is 17.7 Å². The van der Waals surface area contributed by atoms with Gasteiger partial charge in [0, 0.05) is 26.9 Å². The van der Waals surface area contributed by atoms with Crippen LogP contribution in [0.25, 0.3) is 0 Å². The van der Waals surface area contributed by atoms with Crippen LogP contribution in [0.3, 0.4) is 0 Å². The highest BCUT2D eigenvalue weighted by molar-refractivity contribution is 8.15. The molecule has 0 fully saturated rings. The summed E-state index contributed by atoms with van der Waals surface area (Å²) in [6.07, 6.45) is 0. The first kappa shape index (κ1) is 20.6. The molecule has 6 nitrogen and oxygen atoms in total. The van der Waals surface area contributed by atoms with Crippen LogP contribution in [-0.4, -0.2) is 31.8 Å². The van der Waals surface area contributed by atoms with Gasteiger partial charge in [-0.05, 0) is 59.1 Å². The number of rotatable bonds is 4. The molecule has 158 valence electrons. The lowest BCUT2D eigenvalue weighted by molar-refractivity contribution is 0.0943. The molecular weight excluding hydrogens is 474 g/mol. The second kappa shape index (κ2) is 7.98. The van der Waals surface area contributed by atoms with Crippen molar-refractivity contribution in [2.45, 2.75) is 10.9 Å². The third kappa shape index (κ3) is 4.10. The summed E-state index contributed by atoms with van der Waals surface area (Å²) < 4.78 is 27.5. The summed E-state index contributed by atoms with van der Waals surface area (Å²) in [5.74, 6) is -0.223. The summed E-state index contributed by atoms with van der Waals surface area (Å²) >= 11 is 8.87. The van der Waals surface area contributed by atoms with Gasteiger partial charge in [-0.15, -0.1) is 15.7 Å². The number of hydrogen-bond acceptors (Lipinski definition) is 6. The largest absolute Gasteiger partial charge is 0.340 e. The number of nitrogens with one attached hydrogen (secondary N) is 1. The number of carbonyl (C=O) groups excluding carboxylic acids is 1. The van der Waals surface area contributed by atoms with Gasteiger partial charge in [0.2, 0.25) is 0 Å². The minimum absolute atomic E-state index is 0.0116. The van der Waals surface area contributed by atoms with Gasteiger partial charge in [0.1, 0.15) is 0 Å². The van der Waals surface area contributed by atoms with Crippen molar-refractivity contribution < 1.29 is 13.2 Å². The Balaban J connectivity index is 1.42. The standard InChI is InChI=1S/C21H16ClN3O3S3/c22-15-6-3-13(4-7-15)19(17-2-1-10-29-17)23-20(26)14-5-8-16-18(12-14)30-21-24-31(27,28)11-9-25(16)21/h1-8,10,12,19H,9,11H2,(H,23,26). The van der Waals surface area contributed by atoms with Crippen LogP contribution in [-0.2, 0) is 10.0 Å². The third-order valence-electron chi connectivity index (χ3n) is 5.04. The average Bonchev–Trinajstić information content (AvgIpc) is 3.38. The van der Waals surface area contributed by atoms with Gasteiger partial charge >= 0.3 is 0 Å². The second-order valence-corrected chi connectivity index (χ2v) is 11.2. The maximum absolute atomic E-state index is 13.1. The molecule has 1 amide bonds. The first-order chi connectivity index (χ1) is 14.9. The zero-order chi connectivity index (χ0) is 21.6. The van der Waals surface area contributed by atoms with E-state index in [1.807, 2.05) is 40.6 Å². The summed E-state index contributed by atoms with van der Waals surface area (Å²) in [5, 5.41) is 6.17. The van der Waals surface area contributed by atoms with E-state index in [1.165, 1.54) is 11.8 Å². The molecule has 5 rings (SSSR count). The Bertz CT molecular complexity index is 1290. The summed E-state index contributed by atoms with van der Waals surface area (Å²) in [6, 6.07) is 16.5. The quantitative estimate of drug-likeness (QED) is 0.582. The molecule has 0 radical (unpaired) electrons. The summed E-state index contributed by atoms with van der Waals surface area (Å²) in [4.78, 5) is 16.8. The fraction of sp³-hybridized carbons (Fsp3) is 0.143. The van der Waals surface area contributed by atoms with Crippen LogP contribution in [0, 0.1) is 0 Å². The van der Waals surface area contributed by atoms with E-state index in [0.29, 0.717) is 22.3 Å². The van der Waals surface area contributed by atoms with E-state index in [1.54, 1.807) is 35.6 Å². The van der Waals surface area contributed by atoms with Crippen molar-refractivity contribution in [1.82, 2.24) is 5.32 Å². The molecule has 1 atom stereocenters. The number of sulfonamides is 1. The van der Waals surface area contributed by atoms with Gasteiger partial charge < -0.3 is 10.2 Å². The Morgan fingerprint density at radius 2 is 1.97 bits per heavy atom. The van der Waals surface area contributed by atoms with Crippen LogP contribution < -0.4 is 10.2 Å². The molecule has 2 aliphatic heterocycles. The van der Waals surface area contributed by atoms with Gasteiger partial charge in [-0.25, -0.2) is 8.42 Å². The van der Waals surface area contributed by atoms with Crippen LogP contribution in [0.1, 0.15) is 26.8 Å². The highest BCUT2D eigenvalue weighted by Gasteiger charge is 2.33. The maximum atomic E-state index is 13.1. The molecule has 0 spiro atoms. The van der Waals surface area contributed by atoms with Crippen LogP contribution >= 0.6 is 34.7 Å². The van der Waals surface area contributed by atoms with E-state index < -0.39 is 10.0 Å². The summed E-state index contributed by atoms with van der Waals surface area (Å²) in [7, 11) is -3.42. The molecule has 0 aliphatic carbocycles. The maximum Gasteiger partial charge on any atom is 0.257 e. The molecule has 3 aromatic rings. The van der Waals surface area contributed by atoms with Crippen molar-refractivity contribution in [3.8, 4) is 0 Å². The fourth-order valence-electron chi connectivity index (χ4n) is 3.52. The van der Waals surface area contributed by atoms with Gasteiger partial charge in [-0.2, -0.15) is 0 Å². The smallest absolute Gasteiger partial charge is 0.257 e. The number of thiophene rings is 1. The van der Waals surface area contributed by atoms with Crippen molar-refractivity contribution in [2.75, 3.05) is 17.2 Å². The highest BCUT2D eigenvalue weighted by Crippen LogP contribution is 2.42. The van der Waals surface area contributed by atoms with Gasteiger partial charge in [0.25, 0.3) is 15.9 Å². The van der Waals surface area contributed by atoms with Crippen molar-refractivity contribution in [3.63, 3.8) is 0 Å². The Morgan fingerprint density at radius 1 is 1.16 bits per heavy atom. The van der Waals surface area contributed by atoms with Gasteiger partial charge in [0.15, 0.2) is 5.17 Å². The molecule has 0 saturated carbocycles. The number of halogens is 1. The molecule has 10 heteroatoms. The molecule has 1 unspecified atom stereocenters. The minimum atomic E-state index is -3.42. The number of benzene rings is 2. The summed E-state index contributed by atoms with van der Waals surface area (Å²) in [5.41, 5.74) is 2.32. The minimum Gasteiger partial charge on any atom is -0.340 e. The number of fused-ring (bicyclic) bond motifs is 3. The molecular formula is C21H16ClN3O3S3. The highest BCUT2D eigenvalue weighted by atomic mass is 35.5. The number of amides is 1. The topological polar surface area (TPSA) is 78.8 Å². The van der Waals surface area contributed by atoms with Crippen LogP contribution in [0.2, 0.25) is 5.02 Å². The number of anilines is 1. The lowest BCUT2D eigenvalue weighted by Crippen LogP contribution is -2.35. The second-order valence-electron chi connectivity index (χ2n) is 7.07. The number of nitrogens with zero attached hydrogens (tertiary/aromatic N) is 2. The molecule has 0 bridgehead atoms. The number of hydrogen-bond donors (Lipinski definition) is 1. The lowest BCUT2D eigenvalue weighted by Gasteiger charge is -2.22. The Morgan fingerprint density at radius 3 is 2.71 bits per heavy atom. The lowest BCUT2D eigenvalue weighted by atomic mass is 10.0. The molecule has 1 N–H and O–H groups in total. The van der Waals surface area contributed by atoms with Crippen molar-refractivity contribution in [1.29, 1.82) is 0 Å². The monoisotopic (exact) mass is 489 g/mol. The predicted molar refractivity (Wildman–Crippen MR) is 126 cm³/mol. The van der Waals surface area contributed by atoms with E-state index in [0.717, 1.165) is 21.0 Å². The van der Waals surface area contributed by atoms with Crippen molar-refractivity contribution in [3.05, 3.63) is 81.0 Å². The molecule has 2 aliphatic rings. The SMILES string of the molecule is O=C(NC(c1ccc(Cl)cc1)c1cccs1)c1ccc2c(c1)SC1=NS(=O)(=O)CCN12. The van der Waals surface area contributed by atoms with E-state index >= 15 is 0 Å². The first-order valence-corrected chi connectivity index (χ1v) is 13.1. The normalized spacial score (nSPS) is 17.5. The fourth-order valence-corrected chi connectivity index (χ4v) is 6.74. The zero-order valence-corrected chi connectivity index (χ0v) is 19.2. The Hall–Kier alpha value is -2.33. The van der Waals surface area contributed by atoms with Gasteiger partial charge in [-0.1, -0.05) is 29.8 Å². The number of carbonyl (C=O) groups is 1. The molecule has 0 saturated heterocycles. The Labute approximate surface area is 193 Å². The number of thioether (sulfide) groups is 1. The van der Waals surface area contributed by atoms with Gasteiger partial charge in [0.05, 0.1) is 17.5 Å². The number of amidine groups is 1. The van der Waals surface area contributed by atoms with Crippen molar-refractivity contribution in [2.24, 2.45) is 4.40 Å². The molecule has 1 aromatic heterocycles.